The third kappa shape index (κ3) is 3.22. The first-order valence-electron chi connectivity index (χ1n) is 9.66. The standard InChI is InChI=1S/C20H23N5O5/c1-20(2)29-15-13(8-27-12-6-4-11(26-3)5-7-12)28-19(16(15)30-20)25-10-24-14-17(21)22-9-23-18(14)25/h4-7,9-10,13,15-16,19H,8H2,1-3H3,(H2,21,22,23)/t13-,15-,16-,19-/m1/s1. The highest BCUT2D eigenvalue weighted by Crippen LogP contribution is 2.44. The molecule has 0 unspecified atom stereocenters. The topological polar surface area (TPSA) is 116 Å². The maximum Gasteiger partial charge on any atom is 0.167 e. The van der Waals surface area contributed by atoms with Gasteiger partial charge in [-0.05, 0) is 38.1 Å². The minimum absolute atomic E-state index is 0.299. The highest BCUT2D eigenvalue weighted by molar-refractivity contribution is 5.81. The maximum atomic E-state index is 6.30. The van der Waals surface area contributed by atoms with Crippen LogP contribution < -0.4 is 15.2 Å². The van der Waals surface area contributed by atoms with Crippen LogP contribution in [0.3, 0.4) is 0 Å². The van der Waals surface area contributed by atoms with Crippen molar-refractivity contribution in [3.8, 4) is 11.5 Å². The van der Waals surface area contributed by atoms with Gasteiger partial charge in [-0.15, -0.1) is 0 Å². The van der Waals surface area contributed by atoms with Gasteiger partial charge in [0.2, 0.25) is 0 Å². The number of hydrogen-bond donors (Lipinski definition) is 1. The maximum absolute atomic E-state index is 6.30. The molecule has 0 radical (unpaired) electrons. The van der Waals surface area contributed by atoms with E-state index < -0.39 is 12.0 Å². The molecular formula is C20H23N5O5. The van der Waals surface area contributed by atoms with E-state index in [9.17, 15) is 0 Å². The number of anilines is 1. The summed E-state index contributed by atoms with van der Waals surface area (Å²) in [6.07, 6.45) is 1.56. The second-order valence-corrected chi connectivity index (χ2v) is 7.70. The molecule has 30 heavy (non-hydrogen) atoms. The summed E-state index contributed by atoms with van der Waals surface area (Å²) in [5.74, 6) is 1.06. The number of nitrogen functional groups attached to an aromatic ring is 1. The molecule has 3 aromatic rings. The molecular weight excluding hydrogens is 390 g/mol. The van der Waals surface area contributed by atoms with Gasteiger partial charge in [-0.2, -0.15) is 0 Å². The average molecular weight is 413 g/mol. The van der Waals surface area contributed by atoms with Gasteiger partial charge in [-0.25, -0.2) is 15.0 Å². The fraction of sp³-hybridized carbons (Fsp3) is 0.450. The van der Waals surface area contributed by atoms with E-state index in [1.54, 1.807) is 13.4 Å². The first-order valence-corrected chi connectivity index (χ1v) is 9.66. The summed E-state index contributed by atoms with van der Waals surface area (Å²) in [6.45, 7) is 4.07. The Labute approximate surface area is 172 Å². The van der Waals surface area contributed by atoms with Crippen molar-refractivity contribution in [3.63, 3.8) is 0 Å². The molecule has 0 spiro atoms. The zero-order chi connectivity index (χ0) is 20.9. The summed E-state index contributed by atoms with van der Waals surface area (Å²) < 4.78 is 31.5. The largest absolute Gasteiger partial charge is 0.497 e. The lowest BCUT2D eigenvalue weighted by molar-refractivity contribution is -0.198. The third-order valence-electron chi connectivity index (χ3n) is 5.26. The first-order chi connectivity index (χ1) is 14.4. The van der Waals surface area contributed by atoms with Crippen LogP contribution in [-0.4, -0.2) is 57.3 Å². The van der Waals surface area contributed by atoms with Crippen molar-refractivity contribution in [2.45, 2.75) is 44.2 Å². The van der Waals surface area contributed by atoms with E-state index in [1.165, 1.54) is 6.33 Å². The van der Waals surface area contributed by atoms with Gasteiger partial charge in [0.15, 0.2) is 23.5 Å². The van der Waals surface area contributed by atoms with E-state index >= 15 is 0 Å². The number of fused-ring (bicyclic) bond motifs is 2. The normalized spacial score (nSPS) is 27.3. The molecule has 1 aromatic carbocycles. The van der Waals surface area contributed by atoms with E-state index in [0.29, 0.717) is 29.3 Å². The number of nitrogens with two attached hydrogens (primary N) is 1. The molecule has 0 saturated carbocycles. The summed E-state index contributed by atoms with van der Waals surface area (Å²) >= 11 is 0. The minimum atomic E-state index is -0.736. The van der Waals surface area contributed by atoms with Crippen LogP contribution in [0.1, 0.15) is 20.1 Å². The molecule has 4 atom stereocenters. The third-order valence-corrected chi connectivity index (χ3v) is 5.26. The summed E-state index contributed by atoms with van der Waals surface area (Å²) in [6, 6.07) is 7.39. The molecule has 2 saturated heterocycles. The van der Waals surface area contributed by atoms with Crippen molar-refractivity contribution in [2.75, 3.05) is 19.5 Å². The van der Waals surface area contributed by atoms with Crippen LogP contribution in [0.25, 0.3) is 11.2 Å². The second-order valence-electron chi connectivity index (χ2n) is 7.70. The van der Waals surface area contributed by atoms with Gasteiger partial charge in [0, 0.05) is 0 Å². The molecule has 2 fully saturated rings. The molecule has 2 aromatic heterocycles. The van der Waals surface area contributed by atoms with Gasteiger partial charge in [0.1, 0.15) is 48.3 Å². The van der Waals surface area contributed by atoms with Gasteiger partial charge in [-0.3, -0.25) is 4.57 Å². The fourth-order valence-electron chi connectivity index (χ4n) is 3.92. The van der Waals surface area contributed by atoms with Gasteiger partial charge in [0.25, 0.3) is 0 Å². The van der Waals surface area contributed by atoms with Gasteiger partial charge < -0.3 is 29.4 Å². The number of rotatable bonds is 5. The van der Waals surface area contributed by atoms with Gasteiger partial charge in [0.05, 0.1) is 13.4 Å². The molecule has 10 nitrogen and oxygen atoms in total. The van der Waals surface area contributed by atoms with Crippen molar-refractivity contribution in [1.82, 2.24) is 19.5 Å². The van der Waals surface area contributed by atoms with E-state index in [1.807, 2.05) is 42.7 Å². The molecule has 5 rings (SSSR count). The summed E-state index contributed by atoms with van der Waals surface area (Å²) in [7, 11) is 1.63. The Kier molecular flexibility index (Phi) is 4.49. The molecule has 4 heterocycles. The zero-order valence-electron chi connectivity index (χ0n) is 16.9. The Balaban J connectivity index is 1.40. The van der Waals surface area contributed by atoms with E-state index in [0.717, 1.165) is 5.75 Å². The number of ether oxygens (including phenoxy) is 5. The lowest BCUT2D eigenvalue weighted by atomic mass is 10.1. The smallest absolute Gasteiger partial charge is 0.167 e. The van der Waals surface area contributed by atoms with Crippen LogP contribution in [0, 0.1) is 0 Å². The summed E-state index contributed by atoms with van der Waals surface area (Å²) in [5.41, 5.74) is 7.03. The molecule has 2 aliphatic rings. The number of hydrogen-bond acceptors (Lipinski definition) is 9. The van der Waals surface area contributed by atoms with Crippen LogP contribution in [0.5, 0.6) is 11.5 Å². The molecule has 2 aliphatic heterocycles. The molecule has 0 aliphatic carbocycles. The Morgan fingerprint density at radius 1 is 1.07 bits per heavy atom. The van der Waals surface area contributed by atoms with E-state index in [4.69, 9.17) is 29.4 Å². The van der Waals surface area contributed by atoms with Gasteiger partial charge in [-0.1, -0.05) is 0 Å². The number of methoxy groups -OCH3 is 1. The van der Waals surface area contributed by atoms with Crippen LogP contribution >= 0.6 is 0 Å². The summed E-state index contributed by atoms with van der Waals surface area (Å²) in [4.78, 5) is 12.7. The Bertz CT molecular complexity index is 1050. The second kappa shape index (κ2) is 7.08. The van der Waals surface area contributed by atoms with Crippen molar-refractivity contribution >= 4 is 17.0 Å². The van der Waals surface area contributed by atoms with Crippen LogP contribution in [0.2, 0.25) is 0 Å². The Hall–Kier alpha value is -2.95. The van der Waals surface area contributed by atoms with Crippen molar-refractivity contribution in [3.05, 3.63) is 36.9 Å². The van der Waals surface area contributed by atoms with Crippen LogP contribution in [-0.2, 0) is 14.2 Å². The fourth-order valence-corrected chi connectivity index (χ4v) is 3.92. The quantitative estimate of drug-likeness (QED) is 0.669. The molecule has 158 valence electrons. The SMILES string of the molecule is COc1ccc(OC[C@H]2O[C@@H](n3cnc4c(N)ncnc43)[C@@H]3OC(C)(C)O[C@@H]32)cc1. The van der Waals surface area contributed by atoms with E-state index in [2.05, 4.69) is 15.0 Å². The Morgan fingerprint density at radius 3 is 2.57 bits per heavy atom. The molecule has 10 heteroatoms. The highest BCUT2D eigenvalue weighted by Gasteiger charge is 2.56. The summed E-state index contributed by atoms with van der Waals surface area (Å²) in [5, 5.41) is 0. The van der Waals surface area contributed by atoms with Crippen molar-refractivity contribution in [1.29, 1.82) is 0 Å². The van der Waals surface area contributed by atoms with Crippen molar-refractivity contribution in [2.24, 2.45) is 0 Å². The highest BCUT2D eigenvalue weighted by atomic mass is 16.8. The minimum Gasteiger partial charge on any atom is -0.497 e. The lowest BCUT2D eigenvalue weighted by Gasteiger charge is -2.24. The molecule has 2 N–H and O–H groups in total. The van der Waals surface area contributed by atoms with Gasteiger partial charge >= 0.3 is 0 Å². The van der Waals surface area contributed by atoms with Crippen LogP contribution in [0.15, 0.2) is 36.9 Å². The van der Waals surface area contributed by atoms with Crippen LogP contribution in [0.4, 0.5) is 5.82 Å². The lowest BCUT2D eigenvalue weighted by Crippen LogP contribution is -2.33. The predicted molar refractivity (Wildman–Crippen MR) is 106 cm³/mol. The first kappa shape index (κ1) is 19.0. The molecule has 0 bridgehead atoms. The number of imidazole rings is 1. The monoisotopic (exact) mass is 413 g/mol. The number of benzene rings is 1. The average Bonchev–Trinajstić information content (AvgIpc) is 3.38. The number of aromatic nitrogens is 4. The molecule has 0 amide bonds. The Morgan fingerprint density at radius 2 is 1.80 bits per heavy atom. The van der Waals surface area contributed by atoms with E-state index in [-0.39, 0.29) is 18.3 Å². The van der Waals surface area contributed by atoms with Crippen molar-refractivity contribution < 1.29 is 23.7 Å². The zero-order valence-corrected chi connectivity index (χ0v) is 16.9. The number of nitrogens with zero attached hydrogens (tertiary/aromatic N) is 4. The predicted octanol–water partition coefficient (Wildman–Crippen LogP) is 1.91.